The van der Waals surface area contributed by atoms with Crippen molar-refractivity contribution in [1.82, 2.24) is 20.2 Å². The van der Waals surface area contributed by atoms with Gasteiger partial charge in [0.1, 0.15) is 5.75 Å². The number of phenolic OH excluding ortho intramolecular Hbond substituents is 1. The molecule has 8 heteroatoms. The Hall–Kier alpha value is -1.64. The Morgan fingerprint density at radius 1 is 1.19 bits per heavy atom. The summed E-state index contributed by atoms with van der Waals surface area (Å²) in [6, 6.07) is 6.68. The van der Waals surface area contributed by atoms with Gasteiger partial charge in [-0.3, -0.25) is 0 Å². The number of aromatic hydroxyl groups is 1. The van der Waals surface area contributed by atoms with Crippen molar-refractivity contribution in [3.05, 3.63) is 24.3 Å². The molecule has 2 aromatic rings. The molecule has 114 valence electrons. The van der Waals surface area contributed by atoms with Crippen molar-refractivity contribution < 1.29 is 14.6 Å². The molecule has 7 nitrogen and oxygen atoms in total. The quantitative estimate of drug-likeness (QED) is 0.588. The Kier molecular flexibility index (Phi) is 5.97. The lowest BCUT2D eigenvalue weighted by molar-refractivity contribution is -0.120. The van der Waals surface area contributed by atoms with E-state index in [1.165, 1.54) is 11.8 Å². The highest BCUT2D eigenvalue weighted by molar-refractivity contribution is 7.99. The van der Waals surface area contributed by atoms with E-state index < -0.39 is 0 Å². The van der Waals surface area contributed by atoms with Crippen LogP contribution in [0.2, 0.25) is 0 Å². The first-order chi connectivity index (χ1) is 10.2. The maximum atomic E-state index is 9.32. The van der Waals surface area contributed by atoms with Crippen LogP contribution < -0.4 is 0 Å². The number of tetrazole rings is 1. The summed E-state index contributed by atoms with van der Waals surface area (Å²) in [6.45, 7) is 5.04. The summed E-state index contributed by atoms with van der Waals surface area (Å²) in [5.74, 6) is 0.800. The largest absolute Gasteiger partial charge is 0.508 e. The van der Waals surface area contributed by atoms with Crippen LogP contribution in [0.5, 0.6) is 5.75 Å². The number of nitrogens with zero attached hydrogens (tertiary/aromatic N) is 4. The SMILES string of the molecule is CCOC(CSc1nnnn1-c1ccc(O)cc1)OCC. The van der Waals surface area contributed by atoms with Crippen molar-refractivity contribution >= 4 is 11.8 Å². The van der Waals surface area contributed by atoms with Gasteiger partial charge in [-0.05, 0) is 48.5 Å². The van der Waals surface area contributed by atoms with Gasteiger partial charge in [0.15, 0.2) is 6.29 Å². The summed E-state index contributed by atoms with van der Waals surface area (Å²) >= 11 is 1.46. The first kappa shape index (κ1) is 15.7. The van der Waals surface area contributed by atoms with E-state index in [-0.39, 0.29) is 12.0 Å². The van der Waals surface area contributed by atoms with E-state index in [1.54, 1.807) is 28.9 Å². The summed E-state index contributed by atoms with van der Waals surface area (Å²) in [5, 5.41) is 21.6. The van der Waals surface area contributed by atoms with E-state index in [9.17, 15) is 5.11 Å². The maximum Gasteiger partial charge on any atom is 0.214 e. The Morgan fingerprint density at radius 2 is 1.86 bits per heavy atom. The lowest BCUT2D eigenvalue weighted by Crippen LogP contribution is -2.20. The van der Waals surface area contributed by atoms with Gasteiger partial charge in [0.05, 0.1) is 11.4 Å². The molecule has 0 spiro atoms. The molecule has 0 aliphatic rings. The molecular weight excluding hydrogens is 292 g/mol. The Labute approximate surface area is 127 Å². The third-order valence-electron chi connectivity index (χ3n) is 2.59. The smallest absolute Gasteiger partial charge is 0.214 e. The van der Waals surface area contributed by atoms with Crippen LogP contribution in [0, 0.1) is 0 Å². The second kappa shape index (κ2) is 7.96. The first-order valence-corrected chi connectivity index (χ1v) is 7.67. The number of phenols is 1. The van der Waals surface area contributed by atoms with Crippen LogP contribution in [0.15, 0.2) is 29.4 Å². The summed E-state index contributed by atoms with van der Waals surface area (Å²) in [5.41, 5.74) is 0.782. The lowest BCUT2D eigenvalue weighted by atomic mass is 10.3. The summed E-state index contributed by atoms with van der Waals surface area (Å²) < 4.78 is 12.6. The standard InChI is InChI=1S/C13H18N4O3S/c1-3-19-12(20-4-2)9-21-13-14-15-16-17(13)10-5-7-11(18)8-6-10/h5-8,12,18H,3-4,9H2,1-2H3. The zero-order valence-electron chi connectivity index (χ0n) is 12.0. The fourth-order valence-corrected chi connectivity index (χ4v) is 2.52. The van der Waals surface area contributed by atoms with E-state index in [2.05, 4.69) is 15.5 Å². The Morgan fingerprint density at radius 3 is 2.48 bits per heavy atom. The van der Waals surface area contributed by atoms with Gasteiger partial charge in [-0.25, -0.2) is 0 Å². The molecule has 1 heterocycles. The topological polar surface area (TPSA) is 82.3 Å². The van der Waals surface area contributed by atoms with Crippen LogP contribution in [-0.2, 0) is 9.47 Å². The average Bonchev–Trinajstić information content (AvgIpc) is 2.94. The van der Waals surface area contributed by atoms with E-state index in [1.807, 2.05) is 13.8 Å². The lowest BCUT2D eigenvalue weighted by Gasteiger charge is -2.15. The molecule has 2 rings (SSSR count). The minimum Gasteiger partial charge on any atom is -0.508 e. The first-order valence-electron chi connectivity index (χ1n) is 6.68. The third-order valence-corrected chi connectivity index (χ3v) is 3.54. The third kappa shape index (κ3) is 4.42. The molecule has 1 aromatic heterocycles. The molecule has 0 saturated carbocycles. The second-order valence-electron chi connectivity index (χ2n) is 4.04. The van der Waals surface area contributed by atoms with Crippen LogP contribution in [0.1, 0.15) is 13.8 Å². The minimum atomic E-state index is -0.282. The molecule has 1 N–H and O–H groups in total. The molecule has 21 heavy (non-hydrogen) atoms. The van der Waals surface area contributed by atoms with Gasteiger partial charge in [-0.1, -0.05) is 11.8 Å². The highest BCUT2D eigenvalue weighted by Gasteiger charge is 2.14. The van der Waals surface area contributed by atoms with E-state index in [0.29, 0.717) is 24.1 Å². The second-order valence-corrected chi connectivity index (χ2v) is 5.03. The van der Waals surface area contributed by atoms with Crippen molar-refractivity contribution in [2.24, 2.45) is 0 Å². The van der Waals surface area contributed by atoms with Crippen LogP contribution in [0.25, 0.3) is 5.69 Å². The molecule has 0 atom stereocenters. The average molecular weight is 310 g/mol. The van der Waals surface area contributed by atoms with Crippen LogP contribution in [-0.4, -0.2) is 50.6 Å². The van der Waals surface area contributed by atoms with Crippen molar-refractivity contribution in [1.29, 1.82) is 0 Å². The highest BCUT2D eigenvalue weighted by atomic mass is 32.2. The van der Waals surface area contributed by atoms with Crippen molar-refractivity contribution in [2.75, 3.05) is 19.0 Å². The van der Waals surface area contributed by atoms with Crippen LogP contribution in [0.3, 0.4) is 0 Å². The van der Waals surface area contributed by atoms with E-state index >= 15 is 0 Å². The summed E-state index contributed by atoms with van der Waals surface area (Å²) in [6.07, 6.45) is -0.282. The molecule has 0 aliphatic carbocycles. The zero-order chi connectivity index (χ0) is 15.1. The van der Waals surface area contributed by atoms with Gasteiger partial charge in [0, 0.05) is 13.2 Å². The van der Waals surface area contributed by atoms with Crippen LogP contribution >= 0.6 is 11.8 Å². The number of hydrogen-bond donors (Lipinski definition) is 1. The fourth-order valence-electron chi connectivity index (χ4n) is 1.68. The molecule has 0 amide bonds. The van der Waals surface area contributed by atoms with Crippen LogP contribution in [0.4, 0.5) is 0 Å². The molecule has 0 saturated heterocycles. The molecule has 0 aliphatic heterocycles. The number of benzene rings is 1. The molecule has 0 bridgehead atoms. The number of aromatic nitrogens is 4. The van der Waals surface area contributed by atoms with Gasteiger partial charge < -0.3 is 14.6 Å². The van der Waals surface area contributed by atoms with E-state index in [4.69, 9.17) is 9.47 Å². The summed E-state index contributed by atoms with van der Waals surface area (Å²) in [4.78, 5) is 0. The van der Waals surface area contributed by atoms with Crippen molar-refractivity contribution in [3.63, 3.8) is 0 Å². The predicted octanol–water partition coefficient (Wildman–Crippen LogP) is 1.86. The van der Waals surface area contributed by atoms with Gasteiger partial charge in [-0.15, -0.1) is 5.10 Å². The molecular formula is C13H18N4O3S. The predicted molar refractivity (Wildman–Crippen MR) is 78.6 cm³/mol. The highest BCUT2D eigenvalue weighted by Crippen LogP contribution is 2.21. The normalized spacial score (nSPS) is 11.2. The minimum absolute atomic E-state index is 0.203. The Bertz CT molecular complexity index is 541. The Balaban J connectivity index is 2.04. The molecule has 0 radical (unpaired) electrons. The molecule has 0 fully saturated rings. The number of thioether (sulfide) groups is 1. The van der Waals surface area contributed by atoms with Gasteiger partial charge in [-0.2, -0.15) is 4.68 Å². The van der Waals surface area contributed by atoms with Gasteiger partial charge in [0.2, 0.25) is 5.16 Å². The fraction of sp³-hybridized carbons (Fsp3) is 0.462. The molecule has 0 unspecified atom stereocenters. The zero-order valence-corrected chi connectivity index (χ0v) is 12.8. The summed E-state index contributed by atoms with van der Waals surface area (Å²) in [7, 11) is 0. The van der Waals surface area contributed by atoms with Crippen molar-refractivity contribution in [2.45, 2.75) is 25.3 Å². The number of hydrogen-bond acceptors (Lipinski definition) is 7. The number of ether oxygens (including phenoxy) is 2. The number of rotatable bonds is 8. The van der Waals surface area contributed by atoms with Gasteiger partial charge in [0.25, 0.3) is 0 Å². The van der Waals surface area contributed by atoms with Gasteiger partial charge >= 0.3 is 0 Å². The maximum absolute atomic E-state index is 9.32. The van der Waals surface area contributed by atoms with E-state index in [0.717, 1.165) is 5.69 Å². The van der Waals surface area contributed by atoms with Crippen molar-refractivity contribution in [3.8, 4) is 11.4 Å². The monoisotopic (exact) mass is 310 g/mol. The molecule has 1 aromatic carbocycles.